The van der Waals surface area contributed by atoms with E-state index in [9.17, 15) is 21.6 Å². The van der Waals surface area contributed by atoms with E-state index in [0.717, 1.165) is 0 Å². The smallest absolute Gasteiger partial charge is 0.407 e. The van der Waals surface area contributed by atoms with E-state index in [1.165, 1.54) is 29.8 Å². The van der Waals surface area contributed by atoms with Crippen LogP contribution in [0.1, 0.15) is 43.0 Å². The Morgan fingerprint density at radius 1 is 0.767 bits per heavy atom. The third kappa shape index (κ3) is 10.6. The molecule has 244 valence electrons. The Morgan fingerprint density at radius 2 is 1.12 bits per heavy atom. The number of carbonyl (C=O) groups is 1. The summed E-state index contributed by atoms with van der Waals surface area (Å²) in [5.41, 5.74) is 7.38. The number of rotatable bonds is 11. The number of hydrogen-bond donors (Lipinski definition) is 2. The summed E-state index contributed by atoms with van der Waals surface area (Å²) in [4.78, 5) is 12.2. The minimum absolute atomic E-state index is 0.131. The number of hydrogen-bond acceptors (Lipinski definition) is 9. The number of carbonyl (C=O) groups excluding carboxylic acids is 1. The van der Waals surface area contributed by atoms with E-state index in [2.05, 4.69) is 5.32 Å². The van der Waals surface area contributed by atoms with Crippen molar-refractivity contribution in [1.82, 2.24) is 13.9 Å². The quantitative estimate of drug-likeness (QED) is 0.374. The summed E-state index contributed by atoms with van der Waals surface area (Å²) in [5, 5.41) is 2.55. The minimum Gasteiger partial charge on any atom is -0.497 e. The summed E-state index contributed by atoms with van der Waals surface area (Å²) in [5.74, 6) is 1.27. The van der Waals surface area contributed by atoms with Crippen molar-refractivity contribution < 1.29 is 35.8 Å². The number of ether oxygens (including phenoxy) is 3. The Kier molecular flexibility index (Phi) is 13.9. The standard InChI is InChI=1S/C17H28N2O5S.C12H20N2O3S/c1-12-10-14(23-7)11-13(2)15(12)25(21,22)19(6)9-8-18-16(20)24-17(3,4)5;1-9-7-11(17-4)8-10(2)12(9)18(15,16)14(3)6-5-13/h10-11H,8-9H2,1-7H3,(H,18,20);7-8H,5-6,13H2,1-4H3. The molecule has 12 nitrogen and oxygen atoms in total. The van der Waals surface area contributed by atoms with Gasteiger partial charge in [-0.1, -0.05) is 0 Å². The second kappa shape index (κ2) is 15.7. The molecule has 43 heavy (non-hydrogen) atoms. The van der Waals surface area contributed by atoms with Crippen LogP contribution in [0.4, 0.5) is 4.79 Å². The highest BCUT2D eigenvalue weighted by Crippen LogP contribution is 2.28. The lowest BCUT2D eigenvalue weighted by atomic mass is 10.1. The molecule has 0 saturated carbocycles. The molecule has 0 atom stereocenters. The first-order chi connectivity index (χ1) is 19.7. The monoisotopic (exact) mass is 644 g/mol. The number of sulfonamides is 2. The Labute approximate surface area is 257 Å². The van der Waals surface area contributed by atoms with Gasteiger partial charge >= 0.3 is 6.09 Å². The van der Waals surface area contributed by atoms with Crippen molar-refractivity contribution in [1.29, 1.82) is 0 Å². The number of benzene rings is 2. The first kappa shape index (κ1) is 38.1. The van der Waals surface area contributed by atoms with Crippen molar-refractivity contribution >= 4 is 26.1 Å². The SMILES string of the molecule is COc1cc(C)c(S(=O)(=O)N(C)CCN)c(C)c1.COc1cc(C)c(S(=O)(=O)N(C)CCNC(=O)OC(C)(C)C)c(C)c1. The van der Waals surface area contributed by atoms with E-state index in [-0.39, 0.29) is 18.0 Å². The third-order valence-corrected chi connectivity index (χ3v) is 10.5. The van der Waals surface area contributed by atoms with Crippen LogP contribution < -0.4 is 20.5 Å². The molecule has 1 amide bonds. The summed E-state index contributed by atoms with van der Waals surface area (Å²) < 4.78 is 68.3. The lowest BCUT2D eigenvalue weighted by Crippen LogP contribution is -2.39. The van der Waals surface area contributed by atoms with Crippen molar-refractivity contribution in [2.24, 2.45) is 5.73 Å². The Balaban J connectivity index is 0.000000453. The average Bonchev–Trinajstić information content (AvgIpc) is 2.86. The number of nitrogens with two attached hydrogens (primary N) is 1. The van der Waals surface area contributed by atoms with Gasteiger partial charge in [0.2, 0.25) is 20.0 Å². The minimum atomic E-state index is -3.67. The molecule has 0 spiro atoms. The summed E-state index contributed by atoms with van der Waals surface area (Å²) >= 11 is 0. The predicted molar refractivity (Wildman–Crippen MR) is 168 cm³/mol. The van der Waals surface area contributed by atoms with Gasteiger partial charge in [0.1, 0.15) is 17.1 Å². The maximum Gasteiger partial charge on any atom is 0.407 e. The van der Waals surface area contributed by atoms with Gasteiger partial charge in [-0.05, 0) is 95.0 Å². The van der Waals surface area contributed by atoms with Crippen LogP contribution in [0, 0.1) is 27.7 Å². The number of likely N-dealkylation sites (N-methyl/N-ethyl adjacent to an activating group) is 2. The predicted octanol–water partition coefficient (Wildman–Crippen LogP) is 3.35. The zero-order chi connectivity index (χ0) is 33.3. The fourth-order valence-electron chi connectivity index (χ4n) is 4.23. The normalized spacial score (nSPS) is 12.0. The largest absolute Gasteiger partial charge is 0.497 e. The van der Waals surface area contributed by atoms with E-state index in [1.54, 1.807) is 79.8 Å². The van der Waals surface area contributed by atoms with Gasteiger partial charge in [0.15, 0.2) is 0 Å². The summed E-state index contributed by atoms with van der Waals surface area (Å²) in [7, 11) is -1.05. The highest BCUT2D eigenvalue weighted by Gasteiger charge is 2.26. The maximum atomic E-state index is 12.8. The van der Waals surface area contributed by atoms with Crippen molar-refractivity contribution in [2.75, 3.05) is 54.5 Å². The van der Waals surface area contributed by atoms with Gasteiger partial charge in [0.25, 0.3) is 0 Å². The molecule has 0 fully saturated rings. The molecule has 0 unspecified atom stereocenters. The lowest BCUT2D eigenvalue weighted by Gasteiger charge is -2.22. The average molecular weight is 645 g/mol. The van der Waals surface area contributed by atoms with Gasteiger partial charge in [-0.15, -0.1) is 0 Å². The number of alkyl carbamates (subject to hydrolysis) is 1. The fourth-order valence-corrected chi connectivity index (χ4v) is 7.40. The molecule has 2 aromatic rings. The molecule has 3 N–H and O–H groups in total. The first-order valence-corrected chi connectivity index (χ1v) is 16.5. The topological polar surface area (TPSA) is 158 Å². The molecule has 0 radical (unpaired) electrons. The molecular weight excluding hydrogens is 596 g/mol. The molecule has 0 aliphatic carbocycles. The van der Waals surface area contributed by atoms with E-state index >= 15 is 0 Å². The molecule has 2 aromatic carbocycles. The van der Waals surface area contributed by atoms with Crippen LogP contribution in [-0.4, -0.2) is 91.6 Å². The van der Waals surface area contributed by atoms with Crippen LogP contribution in [0.2, 0.25) is 0 Å². The van der Waals surface area contributed by atoms with Crippen molar-refractivity contribution in [3.63, 3.8) is 0 Å². The molecule has 0 aliphatic heterocycles. The van der Waals surface area contributed by atoms with Crippen LogP contribution in [0.15, 0.2) is 34.1 Å². The molecule has 14 heteroatoms. The highest BCUT2D eigenvalue weighted by molar-refractivity contribution is 7.89. The third-order valence-electron chi connectivity index (χ3n) is 6.21. The second-order valence-corrected chi connectivity index (χ2v) is 15.0. The zero-order valence-electron chi connectivity index (χ0n) is 27.2. The van der Waals surface area contributed by atoms with E-state index < -0.39 is 31.7 Å². The van der Waals surface area contributed by atoms with E-state index in [0.29, 0.717) is 51.7 Å². The van der Waals surface area contributed by atoms with Gasteiger partial charge in [-0.3, -0.25) is 0 Å². The lowest BCUT2D eigenvalue weighted by molar-refractivity contribution is 0.0526. The molecular formula is C29H48N4O8S2. The van der Waals surface area contributed by atoms with Crippen molar-refractivity contribution in [2.45, 2.75) is 63.9 Å². The first-order valence-electron chi connectivity index (χ1n) is 13.6. The molecule has 0 bridgehead atoms. The van der Waals surface area contributed by atoms with Gasteiger partial charge in [-0.25, -0.2) is 21.6 Å². The van der Waals surface area contributed by atoms with Crippen LogP contribution >= 0.6 is 0 Å². The molecule has 2 rings (SSSR count). The van der Waals surface area contributed by atoms with Crippen LogP contribution in [0.5, 0.6) is 11.5 Å². The van der Waals surface area contributed by atoms with Crippen molar-refractivity contribution in [3.8, 4) is 11.5 Å². The van der Waals surface area contributed by atoms with E-state index in [1.807, 2.05) is 0 Å². The van der Waals surface area contributed by atoms with Crippen LogP contribution in [0.25, 0.3) is 0 Å². The number of nitrogens with one attached hydrogen (secondary N) is 1. The summed E-state index contributed by atoms with van der Waals surface area (Å²) in [6.07, 6.45) is -0.574. The van der Waals surface area contributed by atoms with Gasteiger partial charge < -0.3 is 25.3 Å². The Morgan fingerprint density at radius 3 is 1.42 bits per heavy atom. The summed E-state index contributed by atoms with van der Waals surface area (Å²) in [6, 6.07) is 6.81. The Bertz CT molecular complexity index is 1420. The maximum absolute atomic E-state index is 12.8. The number of methoxy groups -OCH3 is 2. The van der Waals surface area contributed by atoms with Crippen molar-refractivity contribution in [3.05, 3.63) is 46.5 Å². The van der Waals surface area contributed by atoms with E-state index in [4.69, 9.17) is 19.9 Å². The fraction of sp³-hybridized carbons (Fsp3) is 0.552. The molecule has 0 heterocycles. The van der Waals surface area contributed by atoms with Gasteiger partial charge in [-0.2, -0.15) is 8.61 Å². The molecule has 0 saturated heterocycles. The number of nitrogens with zero attached hydrogens (tertiary/aromatic N) is 2. The Hall–Kier alpha value is -2.91. The van der Waals surface area contributed by atoms with Gasteiger partial charge in [0, 0.05) is 40.3 Å². The van der Waals surface area contributed by atoms with Crippen LogP contribution in [0.3, 0.4) is 0 Å². The highest BCUT2D eigenvalue weighted by atomic mass is 32.2. The second-order valence-electron chi connectivity index (χ2n) is 11.1. The number of aryl methyl sites for hydroxylation is 4. The summed E-state index contributed by atoms with van der Waals surface area (Å²) in [6.45, 7) is 13.2. The molecule has 0 aromatic heterocycles. The van der Waals surface area contributed by atoms with Crippen LogP contribution in [-0.2, 0) is 24.8 Å². The number of amides is 1. The zero-order valence-corrected chi connectivity index (χ0v) is 28.8. The van der Waals surface area contributed by atoms with Gasteiger partial charge in [0.05, 0.1) is 24.0 Å². The molecule has 0 aliphatic rings.